The first-order chi connectivity index (χ1) is 16.3. The van der Waals surface area contributed by atoms with E-state index < -0.39 is 14.0 Å². The van der Waals surface area contributed by atoms with Crippen LogP contribution in [0.25, 0.3) is 28.6 Å². The van der Waals surface area contributed by atoms with Crippen LogP contribution in [-0.2, 0) is 13.9 Å². The maximum absolute atomic E-state index is 13.6. The molecule has 0 spiro atoms. The number of hydrogen-bond acceptors (Lipinski definition) is 4. The van der Waals surface area contributed by atoms with Gasteiger partial charge in [-0.05, 0) is 48.2 Å². The predicted octanol–water partition coefficient (Wildman–Crippen LogP) is 7.05. The number of hydrogen-bond donors (Lipinski definition) is 1. The molecule has 1 atom stereocenters. The normalized spacial score (nSPS) is 12.4. The zero-order valence-electron chi connectivity index (χ0n) is 19.3. The number of halogens is 1. The molecule has 178 valence electrons. The fraction of sp³-hybridized carbons (Fsp3) is 0.259. The SMILES string of the molecule is CC(C)c1cc(-c2ccccc2)nc(-c2ccc(F)cc2)c1/C=C/CO[PH](=O)CCCC(=O)O. The molecule has 1 heterocycles. The summed E-state index contributed by atoms with van der Waals surface area (Å²) in [6.45, 7) is 4.35. The third-order valence-electron chi connectivity index (χ3n) is 5.30. The van der Waals surface area contributed by atoms with E-state index in [0.717, 1.165) is 33.6 Å². The topological polar surface area (TPSA) is 76.5 Å². The predicted molar refractivity (Wildman–Crippen MR) is 135 cm³/mol. The van der Waals surface area contributed by atoms with E-state index >= 15 is 0 Å². The Balaban J connectivity index is 1.93. The molecule has 0 saturated carbocycles. The van der Waals surface area contributed by atoms with Crippen molar-refractivity contribution in [3.63, 3.8) is 0 Å². The summed E-state index contributed by atoms with van der Waals surface area (Å²) in [7, 11) is -2.30. The maximum atomic E-state index is 13.6. The van der Waals surface area contributed by atoms with Gasteiger partial charge in [-0.15, -0.1) is 0 Å². The lowest BCUT2D eigenvalue weighted by Crippen LogP contribution is -2.01. The van der Waals surface area contributed by atoms with E-state index in [0.29, 0.717) is 6.42 Å². The van der Waals surface area contributed by atoms with Crippen LogP contribution in [0.2, 0.25) is 0 Å². The summed E-state index contributed by atoms with van der Waals surface area (Å²) in [4.78, 5) is 15.5. The van der Waals surface area contributed by atoms with E-state index in [2.05, 4.69) is 19.9 Å². The number of benzene rings is 2. The molecule has 0 aliphatic heterocycles. The van der Waals surface area contributed by atoms with Gasteiger partial charge in [-0.1, -0.05) is 56.3 Å². The Morgan fingerprint density at radius 1 is 1.12 bits per heavy atom. The first-order valence-corrected chi connectivity index (χ1v) is 12.8. The third-order valence-corrected chi connectivity index (χ3v) is 6.55. The largest absolute Gasteiger partial charge is 0.481 e. The lowest BCUT2D eigenvalue weighted by Gasteiger charge is -2.17. The van der Waals surface area contributed by atoms with Gasteiger partial charge in [0.05, 0.1) is 18.0 Å². The molecule has 5 nitrogen and oxygen atoms in total. The number of aromatic nitrogens is 1. The summed E-state index contributed by atoms with van der Waals surface area (Å²) >= 11 is 0. The monoisotopic (exact) mass is 481 g/mol. The van der Waals surface area contributed by atoms with Gasteiger partial charge in [0.15, 0.2) is 8.03 Å². The molecule has 0 radical (unpaired) electrons. The average Bonchev–Trinajstić information content (AvgIpc) is 2.82. The van der Waals surface area contributed by atoms with Crippen LogP contribution in [-0.4, -0.2) is 28.8 Å². The van der Waals surface area contributed by atoms with Gasteiger partial charge in [-0.25, -0.2) is 9.37 Å². The molecule has 7 heteroatoms. The van der Waals surface area contributed by atoms with Gasteiger partial charge >= 0.3 is 5.97 Å². The van der Waals surface area contributed by atoms with Crippen LogP contribution in [0, 0.1) is 5.82 Å². The molecule has 3 rings (SSSR count). The van der Waals surface area contributed by atoms with Gasteiger partial charge in [0.1, 0.15) is 5.82 Å². The van der Waals surface area contributed by atoms with Crippen LogP contribution >= 0.6 is 8.03 Å². The van der Waals surface area contributed by atoms with E-state index in [4.69, 9.17) is 14.6 Å². The number of nitrogens with zero attached hydrogens (tertiary/aromatic N) is 1. The van der Waals surface area contributed by atoms with Crippen molar-refractivity contribution in [2.75, 3.05) is 12.8 Å². The van der Waals surface area contributed by atoms with Crippen LogP contribution in [0.4, 0.5) is 4.39 Å². The Morgan fingerprint density at radius 3 is 2.47 bits per heavy atom. The van der Waals surface area contributed by atoms with Crippen LogP contribution in [0.15, 0.2) is 66.7 Å². The fourth-order valence-corrected chi connectivity index (χ4v) is 4.47. The molecule has 0 aliphatic carbocycles. The lowest BCUT2D eigenvalue weighted by atomic mass is 9.91. The maximum Gasteiger partial charge on any atom is 0.303 e. The molecule has 0 aliphatic rings. The number of carboxylic acid groups (broad SMARTS) is 1. The van der Waals surface area contributed by atoms with Gasteiger partial charge < -0.3 is 9.63 Å². The highest BCUT2D eigenvalue weighted by Gasteiger charge is 2.16. The smallest absolute Gasteiger partial charge is 0.303 e. The molecule has 2 aromatic carbocycles. The third kappa shape index (κ3) is 7.21. The summed E-state index contributed by atoms with van der Waals surface area (Å²) in [5.74, 6) is -1.03. The molecule has 0 amide bonds. The van der Waals surface area contributed by atoms with Crippen molar-refractivity contribution >= 4 is 20.1 Å². The quantitative estimate of drug-likeness (QED) is 0.297. The number of aliphatic carboxylic acids is 1. The molecule has 34 heavy (non-hydrogen) atoms. The molecule has 1 N–H and O–H groups in total. The van der Waals surface area contributed by atoms with Crippen molar-refractivity contribution < 1.29 is 23.4 Å². The number of rotatable bonds is 11. The van der Waals surface area contributed by atoms with Gasteiger partial charge in [-0.2, -0.15) is 0 Å². The highest BCUT2D eigenvalue weighted by molar-refractivity contribution is 7.39. The van der Waals surface area contributed by atoms with Crippen LogP contribution in [0.1, 0.15) is 43.7 Å². The Labute approximate surface area is 200 Å². The van der Waals surface area contributed by atoms with Gasteiger partial charge in [-0.3, -0.25) is 9.36 Å². The summed E-state index contributed by atoms with van der Waals surface area (Å²) < 4.78 is 31.0. The van der Waals surface area contributed by atoms with Crippen LogP contribution < -0.4 is 0 Å². The Bertz CT molecular complexity index is 1160. The van der Waals surface area contributed by atoms with Crippen LogP contribution in [0.5, 0.6) is 0 Å². The zero-order valence-corrected chi connectivity index (χ0v) is 20.3. The van der Waals surface area contributed by atoms with Gasteiger partial charge in [0, 0.05) is 29.3 Å². The van der Waals surface area contributed by atoms with Crippen molar-refractivity contribution in [1.29, 1.82) is 0 Å². The molecular weight excluding hydrogens is 452 g/mol. The van der Waals surface area contributed by atoms with E-state index in [1.54, 1.807) is 18.2 Å². The number of carbonyl (C=O) groups is 1. The minimum Gasteiger partial charge on any atom is -0.481 e. The van der Waals surface area contributed by atoms with Crippen molar-refractivity contribution in [2.45, 2.75) is 32.6 Å². The van der Waals surface area contributed by atoms with E-state index in [-0.39, 0.29) is 30.9 Å². The van der Waals surface area contributed by atoms with E-state index in [9.17, 15) is 13.8 Å². The van der Waals surface area contributed by atoms with Crippen molar-refractivity contribution in [2.24, 2.45) is 0 Å². The van der Waals surface area contributed by atoms with Crippen molar-refractivity contribution in [3.8, 4) is 22.5 Å². The molecule has 0 bridgehead atoms. The van der Waals surface area contributed by atoms with Crippen LogP contribution in [0.3, 0.4) is 0 Å². The van der Waals surface area contributed by atoms with Gasteiger partial charge in [0.2, 0.25) is 0 Å². The van der Waals surface area contributed by atoms with Crippen molar-refractivity contribution in [3.05, 3.63) is 83.7 Å². The summed E-state index contributed by atoms with van der Waals surface area (Å²) in [6, 6.07) is 18.2. The Kier molecular flexibility index (Phi) is 9.32. The lowest BCUT2D eigenvalue weighted by molar-refractivity contribution is -0.137. The second kappa shape index (κ2) is 12.4. The second-order valence-electron chi connectivity index (χ2n) is 8.22. The number of pyridine rings is 1. The Hall–Kier alpha value is -3.08. The molecular formula is C27H29FNO4P. The first kappa shape index (κ1) is 25.5. The Morgan fingerprint density at radius 2 is 1.82 bits per heavy atom. The molecule has 1 unspecified atom stereocenters. The minimum absolute atomic E-state index is 0.0200. The average molecular weight is 482 g/mol. The number of carboxylic acids is 1. The summed E-state index contributed by atoms with van der Waals surface area (Å²) in [6.07, 6.45) is 4.25. The highest BCUT2D eigenvalue weighted by atomic mass is 31.1. The highest BCUT2D eigenvalue weighted by Crippen LogP contribution is 2.34. The molecule has 1 aromatic heterocycles. The second-order valence-corrected chi connectivity index (χ2v) is 9.75. The molecule has 0 saturated heterocycles. The summed E-state index contributed by atoms with van der Waals surface area (Å²) in [5, 5.41) is 8.70. The first-order valence-electron chi connectivity index (χ1n) is 11.3. The zero-order chi connectivity index (χ0) is 24.5. The standard InChI is InChI=1S/C27H29FNO4P/c1-19(2)24-18-25(20-8-4-3-5-9-20)29-27(21-12-14-22(28)15-13-21)23(24)10-6-16-33-34(32)17-7-11-26(30)31/h3-6,8-10,12-15,18-19,34H,7,11,16-17H2,1-2H3,(H,30,31)/b10-6+. The fourth-order valence-electron chi connectivity index (χ4n) is 3.58. The van der Waals surface area contributed by atoms with E-state index in [1.165, 1.54) is 12.1 Å². The van der Waals surface area contributed by atoms with E-state index in [1.807, 2.05) is 36.4 Å². The molecule has 0 fully saturated rings. The minimum atomic E-state index is -2.30. The summed E-state index contributed by atoms with van der Waals surface area (Å²) in [5.41, 5.74) is 5.33. The molecule has 3 aromatic rings. The van der Waals surface area contributed by atoms with Crippen molar-refractivity contribution in [1.82, 2.24) is 4.98 Å². The van der Waals surface area contributed by atoms with Gasteiger partial charge in [0.25, 0.3) is 0 Å².